The second-order valence-electron chi connectivity index (χ2n) is 5.73. The summed E-state index contributed by atoms with van der Waals surface area (Å²) in [4.78, 5) is 21.5. The molecule has 1 aromatic heterocycles. The highest BCUT2D eigenvalue weighted by molar-refractivity contribution is 5.81. The molecule has 0 bridgehead atoms. The number of nitrogens with zero attached hydrogens (tertiary/aromatic N) is 2. The fraction of sp³-hybridized carbons (Fsp3) is 0.467. The highest BCUT2D eigenvalue weighted by atomic mass is 16.1. The van der Waals surface area contributed by atoms with Crippen LogP contribution in [0.1, 0.15) is 19.7 Å². The van der Waals surface area contributed by atoms with E-state index in [-0.39, 0.29) is 5.56 Å². The summed E-state index contributed by atoms with van der Waals surface area (Å²) in [7, 11) is 0. The van der Waals surface area contributed by atoms with E-state index in [9.17, 15) is 4.79 Å². The quantitative estimate of drug-likeness (QED) is 0.824. The summed E-state index contributed by atoms with van der Waals surface area (Å²) in [5.41, 5.74) is 1.78. The second-order valence-corrected chi connectivity index (χ2v) is 5.73. The van der Waals surface area contributed by atoms with Crippen LogP contribution in [-0.4, -0.2) is 35.1 Å². The van der Waals surface area contributed by atoms with Gasteiger partial charge >= 0.3 is 0 Å². The van der Waals surface area contributed by atoms with E-state index in [1.54, 1.807) is 6.92 Å². The van der Waals surface area contributed by atoms with Gasteiger partial charge in [0.2, 0.25) is 0 Å². The van der Waals surface area contributed by atoms with Gasteiger partial charge in [0, 0.05) is 30.9 Å². The summed E-state index contributed by atoms with van der Waals surface area (Å²) in [6, 6.07) is 6.84. The van der Waals surface area contributed by atoms with Crippen molar-refractivity contribution < 1.29 is 0 Å². The van der Waals surface area contributed by atoms with E-state index < -0.39 is 0 Å². The first-order valence-electron chi connectivity index (χ1n) is 7.04. The Labute approximate surface area is 118 Å². The van der Waals surface area contributed by atoms with E-state index in [0.717, 1.165) is 24.3 Å². The molecule has 1 aromatic carbocycles. The minimum Gasteiger partial charge on any atom is -0.368 e. The molecule has 2 N–H and O–H groups in total. The van der Waals surface area contributed by atoms with Gasteiger partial charge in [-0.3, -0.25) is 4.79 Å². The molecule has 1 saturated heterocycles. The third-order valence-corrected chi connectivity index (χ3v) is 3.73. The number of benzene rings is 1. The molecule has 1 aliphatic rings. The number of H-pyrrole nitrogens is 1. The molecule has 1 aliphatic heterocycles. The van der Waals surface area contributed by atoms with E-state index >= 15 is 0 Å². The lowest BCUT2D eigenvalue weighted by Gasteiger charge is -2.37. The lowest BCUT2D eigenvalue weighted by atomic mass is 10.1. The molecule has 0 amide bonds. The number of nitrogens with one attached hydrogen (secondary N) is 2. The largest absolute Gasteiger partial charge is 0.368 e. The van der Waals surface area contributed by atoms with Crippen LogP contribution in [0, 0.1) is 6.92 Å². The molecule has 0 unspecified atom stereocenters. The van der Waals surface area contributed by atoms with Gasteiger partial charge in [-0.25, -0.2) is 4.98 Å². The van der Waals surface area contributed by atoms with Gasteiger partial charge in [-0.05, 0) is 39.0 Å². The highest BCUT2D eigenvalue weighted by Gasteiger charge is 2.21. The van der Waals surface area contributed by atoms with Gasteiger partial charge in [-0.1, -0.05) is 0 Å². The summed E-state index contributed by atoms with van der Waals surface area (Å²) < 4.78 is 0. The summed E-state index contributed by atoms with van der Waals surface area (Å²) in [5.74, 6) is 0.652. The van der Waals surface area contributed by atoms with Gasteiger partial charge in [0.15, 0.2) is 0 Å². The Bertz CT molecular complexity index is 684. The summed E-state index contributed by atoms with van der Waals surface area (Å²) >= 11 is 0. The summed E-state index contributed by atoms with van der Waals surface area (Å²) in [6.07, 6.45) is 0. The van der Waals surface area contributed by atoms with Crippen LogP contribution in [0.25, 0.3) is 10.9 Å². The Kier molecular flexibility index (Phi) is 3.22. The molecule has 0 spiro atoms. The third-order valence-electron chi connectivity index (χ3n) is 3.73. The van der Waals surface area contributed by atoms with Crippen LogP contribution >= 0.6 is 0 Å². The molecular formula is C15H20N4O. The SMILES string of the molecule is Cc1nc2ccc(N3C[C@@H](C)N[C@@H](C)C3)cc2c(=O)[nH]1. The van der Waals surface area contributed by atoms with Crippen molar-refractivity contribution in [3.63, 3.8) is 0 Å². The van der Waals surface area contributed by atoms with Crippen LogP contribution in [0.3, 0.4) is 0 Å². The maximum atomic E-state index is 12.0. The number of aryl methyl sites for hydroxylation is 1. The van der Waals surface area contributed by atoms with Crippen molar-refractivity contribution in [3.05, 3.63) is 34.4 Å². The Morgan fingerprint density at radius 3 is 2.65 bits per heavy atom. The molecule has 2 aromatic rings. The monoisotopic (exact) mass is 272 g/mol. The second kappa shape index (κ2) is 4.90. The minimum absolute atomic E-state index is 0.0643. The molecule has 0 saturated carbocycles. The van der Waals surface area contributed by atoms with Crippen LogP contribution < -0.4 is 15.8 Å². The predicted octanol–water partition coefficient (Wildman–Crippen LogP) is 1.42. The Balaban J connectivity index is 2.02. The number of piperazine rings is 1. The molecule has 20 heavy (non-hydrogen) atoms. The highest BCUT2D eigenvalue weighted by Crippen LogP contribution is 2.21. The van der Waals surface area contributed by atoms with Crippen molar-refractivity contribution in [2.45, 2.75) is 32.9 Å². The number of hydrogen-bond donors (Lipinski definition) is 2. The van der Waals surface area contributed by atoms with E-state index in [2.05, 4.69) is 40.1 Å². The van der Waals surface area contributed by atoms with Crippen molar-refractivity contribution >= 4 is 16.6 Å². The third kappa shape index (κ3) is 2.41. The van der Waals surface area contributed by atoms with Crippen LogP contribution in [0.15, 0.2) is 23.0 Å². The van der Waals surface area contributed by atoms with Crippen molar-refractivity contribution in [1.29, 1.82) is 0 Å². The van der Waals surface area contributed by atoms with Crippen LogP contribution in [0.5, 0.6) is 0 Å². The van der Waals surface area contributed by atoms with Gasteiger partial charge < -0.3 is 15.2 Å². The van der Waals surface area contributed by atoms with Crippen molar-refractivity contribution in [3.8, 4) is 0 Å². The number of fused-ring (bicyclic) bond motifs is 1. The predicted molar refractivity (Wildman–Crippen MR) is 81.4 cm³/mol. The first kappa shape index (κ1) is 13.1. The number of aromatic nitrogens is 2. The first-order chi connectivity index (χ1) is 9.52. The number of rotatable bonds is 1. The molecular weight excluding hydrogens is 252 g/mol. The van der Waals surface area contributed by atoms with E-state index in [1.165, 1.54) is 0 Å². The Morgan fingerprint density at radius 1 is 1.25 bits per heavy atom. The normalized spacial score (nSPS) is 23.2. The zero-order chi connectivity index (χ0) is 14.3. The van der Waals surface area contributed by atoms with Gasteiger partial charge in [0.25, 0.3) is 5.56 Å². The molecule has 106 valence electrons. The van der Waals surface area contributed by atoms with Gasteiger partial charge in [0.05, 0.1) is 10.9 Å². The molecule has 5 heteroatoms. The van der Waals surface area contributed by atoms with Gasteiger partial charge in [0.1, 0.15) is 5.82 Å². The fourth-order valence-corrected chi connectivity index (χ4v) is 2.98. The smallest absolute Gasteiger partial charge is 0.258 e. The number of hydrogen-bond acceptors (Lipinski definition) is 4. The topological polar surface area (TPSA) is 61.0 Å². The van der Waals surface area contributed by atoms with Crippen LogP contribution in [-0.2, 0) is 0 Å². The molecule has 0 radical (unpaired) electrons. The minimum atomic E-state index is -0.0643. The van der Waals surface area contributed by atoms with Gasteiger partial charge in [-0.15, -0.1) is 0 Å². The Hall–Kier alpha value is -1.88. The lowest BCUT2D eigenvalue weighted by Crippen LogP contribution is -2.54. The molecule has 0 aliphatic carbocycles. The maximum Gasteiger partial charge on any atom is 0.258 e. The molecule has 1 fully saturated rings. The number of aromatic amines is 1. The van der Waals surface area contributed by atoms with Crippen molar-refractivity contribution in [2.75, 3.05) is 18.0 Å². The van der Waals surface area contributed by atoms with E-state index in [1.807, 2.05) is 12.1 Å². The van der Waals surface area contributed by atoms with Crippen molar-refractivity contribution in [1.82, 2.24) is 15.3 Å². The zero-order valence-electron chi connectivity index (χ0n) is 12.1. The average Bonchev–Trinajstić information content (AvgIpc) is 2.37. The fourth-order valence-electron chi connectivity index (χ4n) is 2.98. The standard InChI is InChI=1S/C15H20N4O/c1-9-7-19(8-10(2)16-9)12-4-5-14-13(6-12)15(20)18-11(3)17-14/h4-6,9-10,16H,7-8H2,1-3H3,(H,17,18,20)/t9-,10+. The van der Waals surface area contributed by atoms with E-state index in [0.29, 0.717) is 23.3 Å². The lowest BCUT2D eigenvalue weighted by molar-refractivity contribution is 0.407. The van der Waals surface area contributed by atoms with Crippen molar-refractivity contribution in [2.24, 2.45) is 0 Å². The van der Waals surface area contributed by atoms with Gasteiger partial charge in [-0.2, -0.15) is 0 Å². The average molecular weight is 272 g/mol. The molecule has 2 heterocycles. The summed E-state index contributed by atoms with van der Waals surface area (Å²) in [5, 5.41) is 4.17. The first-order valence-corrected chi connectivity index (χ1v) is 7.04. The Morgan fingerprint density at radius 2 is 1.95 bits per heavy atom. The molecule has 3 rings (SSSR count). The van der Waals surface area contributed by atoms with E-state index in [4.69, 9.17) is 0 Å². The summed E-state index contributed by atoms with van der Waals surface area (Å²) in [6.45, 7) is 8.07. The molecule has 2 atom stereocenters. The number of anilines is 1. The molecule has 5 nitrogen and oxygen atoms in total. The van der Waals surface area contributed by atoms with Crippen LogP contribution in [0.2, 0.25) is 0 Å². The van der Waals surface area contributed by atoms with Crippen LogP contribution in [0.4, 0.5) is 5.69 Å². The maximum absolute atomic E-state index is 12.0. The zero-order valence-corrected chi connectivity index (χ0v) is 12.1.